The number of rotatable bonds is 4. The van der Waals surface area contributed by atoms with Crippen molar-refractivity contribution in [2.75, 3.05) is 6.54 Å². The second kappa shape index (κ2) is 5.66. The zero-order valence-electron chi connectivity index (χ0n) is 12.4. The van der Waals surface area contributed by atoms with Crippen LogP contribution in [-0.2, 0) is 19.5 Å². The van der Waals surface area contributed by atoms with Crippen molar-refractivity contribution in [2.24, 2.45) is 5.92 Å². The van der Waals surface area contributed by atoms with Crippen LogP contribution in [0.25, 0.3) is 0 Å². The fourth-order valence-electron chi connectivity index (χ4n) is 3.53. The van der Waals surface area contributed by atoms with E-state index in [2.05, 4.69) is 23.7 Å². The van der Waals surface area contributed by atoms with Crippen LogP contribution in [0.15, 0.2) is 0 Å². The van der Waals surface area contributed by atoms with E-state index in [1.165, 1.54) is 55.9 Å². The van der Waals surface area contributed by atoms with Crippen molar-refractivity contribution in [1.29, 1.82) is 0 Å². The molecule has 1 fully saturated rings. The average Bonchev–Trinajstić information content (AvgIpc) is 3.06. The van der Waals surface area contributed by atoms with Gasteiger partial charge >= 0.3 is 0 Å². The van der Waals surface area contributed by atoms with Crippen LogP contribution in [0.1, 0.15) is 69.1 Å². The van der Waals surface area contributed by atoms with Crippen molar-refractivity contribution in [3.05, 3.63) is 17.2 Å². The van der Waals surface area contributed by atoms with Crippen molar-refractivity contribution >= 4 is 0 Å². The second-order valence-corrected chi connectivity index (χ2v) is 6.40. The highest BCUT2D eigenvalue weighted by Gasteiger charge is 2.27. The van der Waals surface area contributed by atoms with Crippen molar-refractivity contribution in [1.82, 2.24) is 14.9 Å². The summed E-state index contributed by atoms with van der Waals surface area (Å²) in [5, 5.41) is 3.46. The number of aromatic nitrogens is 2. The number of nitrogens with one attached hydrogen (secondary N) is 1. The van der Waals surface area contributed by atoms with E-state index in [0.29, 0.717) is 0 Å². The zero-order chi connectivity index (χ0) is 13.2. The van der Waals surface area contributed by atoms with Gasteiger partial charge in [0, 0.05) is 37.7 Å². The van der Waals surface area contributed by atoms with E-state index in [1.807, 2.05) is 0 Å². The maximum absolute atomic E-state index is 5.02. The summed E-state index contributed by atoms with van der Waals surface area (Å²) in [5.41, 5.74) is 2.86. The number of nitrogens with zero attached hydrogens (tertiary/aromatic N) is 2. The smallest absolute Gasteiger partial charge is 0.112 e. The highest BCUT2D eigenvalue weighted by atomic mass is 15.1. The quantitative estimate of drug-likeness (QED) is 0.902. The first-order valence-corrected chi connectivity index (χ1v) is 8.08. The number of imidazole rings is 1. The number of hydrogen-bond acceptors (Lipinski definition) is 2. The van der Waals surface area contributed by atoms with E-state index >= 15 is 0 Å². The molecule has 0 amide bonds. The Kier molecular flexibility index (Phi) is 3.92. The molecule has 2 aliphatic rings. The van der Waals surface area contributed by atoms with Crippen LogP contribution in [-0.4, -0.2) is 16.1 Å². The summed E-state index contributed by atoms with van der Waals surface area (Å²) in [6.45, 7) is 7.92. The standard InChI is InChI=1S/C16H27N3/c1-3-12(2)11-19-15-8-9-17-10-14(15)18-16(19)13-6-4-5-7-13/h12-13,17H,3-11H2,1-2H3. The van der Waals surface area contributed by atoms with Gasteiger partial charge in [-0.1, -0.05) is 33.1 Å². The van der Waals surface area contributed by atoms with Gasteiger partial charge in [0.25, 0.3) is 0 Å². The van der Waals surface area contributed by atoms with Crippen LogP contribution in [0.2, 0.25) is 0 Å². The van der Waals surface area contributed by atoms with Crippen molar-refractivity contribution < 1.29 is 0 Å². The molecule has 1 saturated carbocycles. The van der Waals surface area contributed by atoms with Crippen LogP contribution in [0.4, 0.5) is 0 Å². The lowest BCUT2D eigenvalue weighted by Crippen LogP contribution is -2.25. The molecule has 1 aliphatic carbocycles. The van der Waals surface area contributed by atoms with E-state index in [-0.39, 0.29) is 0 Å². The van der Waals surface area contributed by atoms with E-state index in [4.69, 9.17) is 4.98 Å². The number of fused-ring (bicyclic) bond motifs is 1. The minimum atomic E-state index is 0.731. The van der Waals surface area contributed by atoms with E-state index in [1.54, 1.807) is 0 Å². The molecule has 3 nitrogen and oxygen atoms in total. The molecular weight excluding hydrogens is 234 g/mol. The monoisotopic (exact) mass is 261 g/mol. The van der Waals surface area contributed by atoms with Crippen molar-refractivity contribution in [3.63, 3.8) is 0 Å². The molecule has 1 aromatic heterocycles. The lowest BCUT2D eigenvalue weighted by atomic mass is 10.1. The topological polar surface area (TPSA) is 29.9 Å². The maximum Gasteiger partial charge on any atom is 0.112 e. The Morgan fingerprint density at radius 2 is 2.16 bits per heavy atom. The molecule has 3 heteroatoms. The minimum Gasteiger partial charge on any atom is -0.331 e. The third kappa shape index (κ3) is 2.58. The molecule has 1 aliphatic heterocycles. The van der Waals surface area contributed by atoms with Gasteiger partial charge in [0.2, 0.25) is 0 Å². The fourth-order valence-corrected chi connectivity index (χ4v) is 3.53. The van der Waals surface area contributed by atoms with E-state index < -0.39 is 0 Å². The van der Waals surface area contributed by atoms with Gasteiger partial charge in [-0.3, -0.25) is 0 Å². The van der Waals surface area contributed by atoms with Gasteiger partial charge in [-0.05, 0) is 18.8 Å². The minimum absolute atomic E-state index is 0.731. The largest absolute Gasteiger partial charge is 0.331 e. The molecule has 0 spiro atoms. The molecule has 3 rings (SSSR count). The molecule has 1 unspecified atom stereocenters. The van der Waals surface area contributed by atoms with Gasteiger partial charge in [-0.25, -0.2) is 4.98 Å². The Balaban J connectivity index is 1.94. The molecular formula is C16H27N3. The van der Waals surface area contributed by atoms with Gasteiger partial charge in [0.05, 0.1) is 5.69 Å². The van der Waals surface area contributed by atoms with Gasteiger partial charge < -0.3 is 9.88 Å². The van der Waals surface area contributed by atoms with Gasteiger partial charge in [-0.15, -0.1) is 0 Å². The molecule has 0 bridgehead atoms. The van der Waals surface area contributed by atoms with E-state index in [9.17, 15) is 0 Å². The Bertz CT molecular complexity index is 429. The molecule has 2 heterocycles. The van der Waals surface area contributed by atoms with E-state index in [0.717, 1.165) is 31.3 Å². The summed E-state index contributed by atoms with van der Waals surface area (Å²) in [7, 11) is 0. The SMILES string of the molecule is CCC(C)Cn1c(C2CCCC2)nc2c1CCNC2. The highest BCUT2D eigenvalue weighted by molar-refractivity contribution is 5.22. The zero-order valence-corrected chi connectivity index (χ0v) is 12.4. The summed E-state index contributed by atoms with van der Waals surface area (Å²) in [6.07, 6.45) is 7.90. The summed E-state index contributed by atoms with van der Waals surface area (Å²) in [5.74, 6) is 2.90. The molecule has 0 radical (unpaired) electrons. The fraction of sp³-hybridized carbons (Fsp3) is 0.812. The summed E-state index contributed by atoms with van der Waals surface area (Å²) < 4.78 is 2.60. The number of hydrogen-bond donors (Lipinski definition) is 1. The first-order valence-electron chi connectivity index (χ1n) is 8.08. The molecule has 1 atom stereocenters. The first-order chi connectivity index (χ1) is 9.29. The van der Waals surface area contributed by atoms with Crippen LogP contribution in [0.3, 0.4) is 0 Å². The molecule has 1 N–H and O–H groups in total. The predicted molar refractivity (Wildman–Crippen MR) is 78.3 cm³/mol. The summed E-state index contributed by atoms with van der Waals surface area (Å²) >= 11 is 0. The Hall–Kier alpha value is -0.830. The predicted octanol–water partition coefficient (Wildman–Crippen LogP) is 3.23. The van der Waals surface area contributed by atoms with Crippen molar-refractivity contribution in [2.45, 2.75) is 71.4 Å². The molecule has 0 saturated heterocycles. The maximum atomic E-state index is 5.02. The lowest BCUT2D eigenvalue weighted by Gasteiger charge is -2.20. The average molecular weight is 261 g/mol. The van der Waals surface area contributed by atoms with Gasteiger partial charge in [0.1, 0.15) is 5.82 Å². The van der Waals surface area contributed by atoms with Crippen LogP contribution in [0, 0.1) is 5.92 Å². The molecule has 1 aromatic rings. The normalized spacial score (nSPS) is 21.6. The third-order valence-electron chi connectivity index (χ3n) is 4.93. The Morgan fingerprint density at radius 3 is 2.89 bits per heavy atom. The molecule has 0 aromatic carbocycles. The van der Waals surface area contributed by atoms with Crippen LogP contribution in [0.5, 0.6) is 0 Å². The van der Waals surface area contributed by atoms with Crippen molar-refractivity contribution in [3.8, 4) is 0 Å². The Labute approximate surface area is 116 Å². The second-order valence-electron chi connectivity index (χ2n) is 6.40. The molecule has 106 valence electrons. The summed E-state index contributed by atoms with van der Waals surface area (Å²) in [4.78, 5) is 5.02. The highest BCUT2D eigenvalue weighted by Crippen LogP contribution is 2.35. The third-order valence-corrected chi connectivity index (χ3v) is 4.93. The molecule has 19 heavy (non-hydrogen) atoms. The summed E-state index contributed by atoms with van der Waals surface area (Å²) in [6, 6.07) is 0. The van der Waals surface area contributed by atoms with Gasteiger partial charge in [0.15, 0.2) is 0 Å². The van der Waals surface area contributed by atoms with Crippen LogP contribution >= 0.6 is 0 Å². The van der Waals surface area contributed by atoms with Gasteiger partial charge in [-0.2, -0.15) is 0 Å². The first kappa shape index (κ1) is 13.2. The van der Waals surface area contributed by atoms with Crippen LogP contribution < -0.4 is 5.32 Å². The Morgan fingerprint density at radius 1 is 1.37 bits per heavy atom. The lowest BCUT2D eigenvalue weighted by molar-refractivity contribution is 0.434.